The van der Waals surface area contributed by atoms with Crippen LogP contribution in [0.3, 0.4) is 0 Å². The predicted octanol–water partition coefficient (Wildman–Crippen LogP) is -4.44. The second-order valence-electron chi connectivity index (χ2n) is 3.03. The molecule has 0 aliphatic carbocycles. The first-order valence-electron chi connectivity index (χ1n) is 5.13. The largest absolute Gasteiger partial charge is 0.975 e. The van der Waals surface area contributed by atoms with Crippen molar-refractivity contribution < 1.29 is 57.3 Å². The Morgan fingerprint density at radius 3 is 0.905 bits per heavy atom. The molecule has 0 saturated carbocycles. The Morgan fingerprint density at radius 1 is 0.571 bits per heavy atom. The van der Waals surface area contributed by atoms with E-state index >= 15 is 0 Å². The van der Waals surface area contributed by atoms with Crippen molar-refractivity contribution in [2.75, 3.05) is 26.4 Å². The van der Waals surface area contributed by atoms with Gasteiger partial charge in [-0.3, -0.25) is 19.2 Å². The summed E-state index contributed by atoms with van der Waals surface area (Å²) in [5, 5.41) is 34.2. The molecule has 12 nitrogen and oxygen atoms in total. The standard InChI is InChI=1S/C8H12O12Si/c9-1-5(13)17-21(18-6(14)2-10,19-7(15)3-11)20-8(16)4-12/h9-12H,1-4H2. The van der Waals surface area contributed by atoms with Crippen LogP contribution in [0.25, 0.3) is 0 Å². The monoisotopic (exact) mass is 328 g/mol. The quantitative estimate of drug-likeness (QED) is 0.314. The van der Waals surface area contributed by atoms with Crippen LogP contribution in [-0.4, -0.2) is 79.8 Å². The summed E-state index contributed by atoms with van der Waals surface area (Å²) in [6.07, 6.45) is 0. The lowest BCUT2D eigenvalue weighted by Crippen LogP contribution is -2.55. The number of carbonyl (C=O) groups excluding carboxylic acids is 4. The normalized spacial score (nSPS) is 10.5. The SMILES string of the molecule is O=C(CO)O[Si](OC(=O)CO)(OC(=O)CO)OC(=O)CO. The fraction of sp³-hybridized carbons (Fsp3) is 0.500. The summed E-state index contributed by atoms with van der Waals surface area (Å²) in [7, 11) is -5.17. The van der Waals surface area contributed by atoms with E-state index in [1.807, 2.05) is 0 Å². The van der Waals surface area contributed by atoms with Crippen LogP contribution in [0.2, 0.25) is 0 Å². The second-order valence-corrected chi connectivity index (χ2v) is 4.85. The molecule has 0 saturated heterocycles. The molecule has 0 aromatic rings. The first kappa shape index (κ1) is 18.9. The molecule has 0 aliphatic heterocycles. The molecule has 0 bridgehead atoms. The first-order chi connectivity index (χ1) is 9.82. The second kappa shape index (κ2) is 8.98. The highest BCUT2D eigenvalue weighted by atomic mass is 28.4. The molecule has 0 aromatic carbocycles. The Bertz CT molecular complexity index is 329. The fourth-order valence-corrected chi connectivity index (χ4v) is 2.44. The highest BCUT2D eigenvalue weighted by Gasteiger charge is 2.63. The minimum atomic E-state index is -5.17. The van der Waals surface area contributed by atoms with Crippen molar-refractivity contribution in [3.05, 3.63) is 0 Å². The molecule has 0 heterocycles. The van der Waals surface area contributed by atoms with Crippen LogP contribution in [0, 0.1) is 0 Å². The summed E-state index contributed by atoms with van der Waals surface area (Å²) >= 11 is 0. The van der Waals surface area contributed by atoms with E-state index < -0.39 is 59.4 Å². The van der Waals surface area contributed by atoms with E-state index in [2.05, 4.69) is 17.7 Å². The number of rotatable bonds is 8. The van der Waals surface area contributed by atoms with Gasteiger partial charge in [0.1, 0.15) is 26.4 Å². The minimum Gasteiger partial charge on any atom is -0.421 e. The van der Waals surface area contributed by atoms with Gasteiger partial charge in [-0.2, -0.15) is 0 Å². The van der Waals surface area contributed by atoms with E-state index in [4.69, 9.17) is 20.4 Å². The molecule has 0 rings (SSSR count). The summed E-state index contributed by atoms with van der Waals surface area (Å²) < 4.78 is 17.2. The smallest absolute Gasteiger partial charge is 0.421 e. The van der Waals surface area contributed by atoms with Crippen molar-refractivity contribution in [3.63, 3.8) is 0 Å². The Hall–Kier alpha value is -2.06. The average Bonchev–Trinajstić information content (AvgIpc) is 2.46. The van der Waals surface area contributed by atoms with Gasteiger partial charge in [-0.05, 0) is 0 Å². The van der Waals surface area contributed by atoms with Crippen LogP contribution in [0.5, 0.6) is 0 Å². The number of aliphatic hydroxyl groups is 4. The zero-order valence-corrected chi connectivity index (χ0v) is 11.4. The predicted molar refractivity (Wildman–Crippen MR) is 58.5 cm³/mol. The van der Waals surface area contributed by atoms with E-state index in [0.29, 0.717) is 0 Å². The zero-order valence-electron chi connectivity index (χ0n) is 10.4. The van der Waals surface area contributed by atoms with E-state index in [9.17, 15) is 19.2 Å². The molecular formula is C8H12O12Si. The Labute approximate surface area is 117 Å². The highest BCUT2D eigenvalue weighted by molar-refractivity contribution is 6.61. The Balaban J connectivity index is 5.43. The minimum absolute atomic E-state index is 1.25. The summed E-state index contributed by atoms with van der Waals surface area (Å²) in [4.78, 5) is 44.2. The molecule has 0 fully saturated rings. The lowest BCUT2D eigenvalue weighted by atomic mass is 10.8. The zero-order chi connectivity index (χ0) is 16.5. The number of carbonyl (C=O) groups is 4. The molecule has 0 unspecified atom stereocenters. The molecule has 0 spiro atoms. The maximum atomic E-state index is 11.0. The van der Waals surface area contributed by atoms with Crippen molar-refractivity contribution >= 4 is 32.9 Å². The van der Waals surface area contributed by atoms with Crippen LogP contribution < -0.4 is 0 Å². The summed E-state index contributed by atoms with van der Waals surface area (Å²) in [6, 6.07) is 0. The van der Waals surface area contributed by atoms with Gasteiger partial charge in [-0.25, -0.2) is 0 Å². The third-order valence-electron chi connectivity index (χ3n) is 1.47. The van der Waals surface area contributed by atoms with Gasteiger partial charge in [0.05, 0.1) is 0 Å². The van der Waals surface area contributed by atoms with Gasteiger partial charge in [0, 0.05) is 0 Å². The third kappa shape index (κ3) is 6.77. The van der Waals surface area contributed by atoms with Gasteiger partial charge in [0.2, 0.25) is 0 Å². The maximum Gasteiger partial charge on any atom is 0.975 e. The van der Waals surface area contributed by atoms with Crippen LogP contribution in [0.4, 0.5) is 0 Å². The molecule has 0 aliphatic rings. The van der Waals surface area contributed by atoms with Gasteiger partial charge in [0.15, 0.2) is 0 Å². The highest BCUT2D eigenvalue weighted by Crippen LogP contribution is 2.14. The van der Waals surface area contributed by atoms with Gasteiger partial charge in [-0.15, -0.1) is 0 Å². The summed E-state index contributed by atoms with van der Waals surface area (Å²) in [6.45, 7) is -5.00. The number of hydrogen-bond donors (Lipinski definition) is 4. The fourth-order valence-electron chi connectivity index (χ4n) is 0.812. The molecule has 0 atom stereocenters. The molecule has 0 radical (unpaired) electrons. The van der Waals surface area contributed by atoms with Crippen molar-refractivity contribution in [1.29, 1.82) is 0 Å². The van der Waals surface area contributed by atoms with E-state index in [0.717, 1.165) is 0 Å². The van der Waals surface area contributed by atoms with Gasteiger partial charge in [0.25, 0.3) is 0 Å². The maximum absolute atomic E-state index is 11.0. The lowest BCUT2D eigenvalue weighted by Gasteiger charge is -2.23. The summed E-state index contributed by atoms with van der Waals surface area (Å²) in [5.74, 6) is -5.99. The number of aliphatic hydroxyl groups excluding tert-OH is 4. The number of hydrogen-bond acceptors (Lipinski definition) is 12. The molecule has 0 aromatic heterocycles. The van der Waals surface area contributed by atoms with E-state index in [-0.39, 0.29) is 0 Å². The summed E-state index contributed by atoms with van der Waals surface area (Å²) in [5.41, 5.74) is 0. The van der Waals surface area contributed by atoms with Crippen molar-refractivity contribution in [2.45, 2.75) is 0 Å². The van der Waals surface area contributed by atoms with Crippen LogP contribution in [-0.2, 0) is 36.9 Å². The Kier molecular flexibility index (Phi) is 8.10. The molecule has 21 heavy (non-hydrogen) atoms. The van der Waals surface area contributed by atoms with Gasteiger partial charge in [-0.1, -0.05) is 0 Å². The molecular weight excluding hydrogens is 316 g/mol. The topological polar surface area (TPSA) is 186 Å². The lowest BCUT2D eigenvalue weighted by molar-refractivity contribution is -0.167. The van der Waals surface area contributed by atoms with Crippen molar-refractivity contribution in [3.8, 4) is 0 Å². The first-order valence-corrected chi connectivity index (χ1v) is 6.76. The molecule has 0 amide bonds. The third-order valence-corrected chi connectivity index (χ3v) is 3.38. The van der Waals surface area contributed by atoms with Crippen LogP contribution >= 0.6 is 0 Å². The molecule has 13 heteroatoms. The molecule has 4 N–H and O–H groups in total. The van der Waals surface area contributed by atoms with Gasteiger partial charge >= 0.3 is 32.9 Å². The average molecular weight is 328 g/mol. The Morgan fingerprint density at radius 2 is 0.762 bits per heavy atom. The van der Waals surface area contributed by atoms with Gasteiger partial charge < -0.3 is 38.1 Å². The molecule has 120 valence electrons. The van der Waals surface area contributed by atoms with E-state index in [1.165, 1.54) is 0 Å². The van der Waals surface area contributed by atoms with Crippen LogP contribution in [0.15, 0.2) is 0 Å². The van der Waals surface area contributed by atoms with Crippen molar-refractivity contribution in [2.24, 2.45) is 0 Å². The van der Waals surface area contributed by atoms with Crippen molar-refractivity contribution in [1.82, 2.24) is 0 Å². The van der Waals surface area contributed by atoms with E-state index in [1.54, 1.807) is 0 Å². The van der Waals surface area contributed by atoms with Crippen LogP contribution in [0.1, 0.15) is 0 Å².